The number of nitrogens with zero attached hydrogens (tertiary/aromatic N) is 2. The van der Waals surface area contributed by atoms with E-state index in [2.05, 4.69) is 14.9 Å². The van der Waals surface area contributed by atoms with Gasteiger partial charge < -0.3 is 0 Å². The van der Waals surface area contributed by atoms with E-state index in [0.29, 0.717) is 0 Å². The minimum Gasteiger partial charge on any atom is -0.243 e. The van der Waals surface area contributed by atoms with E-state index in [1.165, 1.54) is 12.1 Å². The van der Waals surface area contributed by atoms with Crippen molar-refractivity contribution in [1.82, 2.24) is 10.3 Å². The summed E-state index contributed by atoms with van der Waals surface area (Å²) in [6.45, 7) is 0. The minimum atomic E-state index is -3.87. The van der Waals surface area contributed by atoms with E-state index in [9.17, 15) is 8.42 Å². The average molecular weight is 253 g/mol. The van der Waals surface area contributed by atoms with E-state index in [1.54, 1.807) is 0 Å². The first kappa shape index (κ1) is 9.70. The van der Waals surface area contributed by atoms with Crippen molar-refractivity contribution in [2.45, 2.75) is 4.90 Å². The van der Waals surface area contributed by atoms with Crippen LogP contribution in [0.25, 0.3) is 11.0 Å². The molecule has 2 rings (SSSR count). The van der Waals surface area contributed by atoms with E-state index in [0.717, 1.165) is 0 Å². The second kappa shape index (κ2) is 3.08. The van der Waals surface area contributed by atoms with Gasteiger partial charge in [-0.05, 0) is 22.4 Å². The van der Waals surface area contributed by atoms with Gasteiger partial charge in [0.15, 0.2) is 11.0 Å². The number of fused-ring (bicyclic) bond motifs is 1. The Hall–Kier alpha value is -0.850. The summed E-state index contributed by atoms with van der Waals surface area (Å²) in [6.07, 6.45) is 0. The largest absolute Gasteiger partial charge is 0.263 e. The molecular weight excluding hydrogens is 251 g/mol. The Bertz CT molecular complexity index is 592. The highest BCUT2D eigenvalue weighted by Gasteiger charge is 2.19. The molecule has 0 saturated carbocycles. The Morgan fingerprint density at radius 3 is 2.50 bits per heavy atom. The highest BCUT2D eigenvalue weighted by atomic mass is 35.7. The van der Waals surface area contributed by atoms with Crippen LogP contribution in [0.2, 0.25) is 5.02 Å². The third-order valence-corrected chi connectivity index (χ3v) is 3.25. The molecular formula is C6H2Cl2N2O3S. The van der Waals surface area contributed by atoms with Crippen LogP contribution in [0, 0.1) is 0 Å². The van der Waals surface area contributed by atoms with Gasteiger partial charge in [0.2, 0.25) is 0 Å². The number of hydrogen-bond acceptors (Lipinski definition) is 5. The fraction of sp³-hybridized carbons (Fsp3) is 0. The van der Waals surface area contributed by atoms with Gasteiger partial charge in [-0.3, -0.25) is 0 Å². The summed E-state index contributed by atoms with van der Waals surface area (Å²) in [5.74, 6) is 0. The summed E-state index contributed by atoms with van der Waals surface area (Å²) in [7, 11) is 1.30. The molecule has 14 heavy (non-hydrogen) atoms. The van der Waals surface area contributed by atoms with Crippen molar-refractivity contribution in [2.24, 2.45) is 0 Å². The highest BCUT2D eigenvalue weighted by Crippen LogP contribution is 2.28. The maximum atomic E-state index is 11.1. The molecule has 0 aliphatic carbocycles. The maximum Gasteiger partial charge on any atom is 0.263 e. The van der Waals surface area contributed by atoms with E-state index >= 15 is 0 Å². The Kier molecular flexibility index (Phi) is 2.13. The van der Waals surface area contributed by atoms with Gasteiger partial charge in [-0.25, -0.2) is 13.0 Å². The Morgan fingerprint density at radius 1 is 1.21 bits per heavy atom. The molecule has 0 aliphatic rings. The molecule has 0 saturated heterocycles. The molecule has 0 aliphatic heterocycles. The molecule has 0 unspecified atom stereocenters. The van der Waals surface area contributed by atoms with Crippen LogP contribution in [0.4, 0.5) is 0 Å². The number of benzene rings is 1. The van der Waals surface area contributed by atoms with Gasteiger partial charge in [0.1, 0.15) is 4.90 Å². The van der Waals surface area contributed by atoms with Crippen LogP contribution in [0.5, 0.6) is 0 Å². The second-order valence-electron chi connectivity index (χ2n) is 2.44. The van der Waals surface area contributed by atoms with Crippen molar-refractivity contribution in [3.8, 4) is 0 Å². The van der Waals surface area contributed by atoms with E-state index in [-0.39, 0.29) is 21.0 Å². The van der Waals surface area contributed by atoms with Gasteiger partial charge in [0.25, 0.3) is 9.05 Å². The molecule has 1 aromatic carbocycles. The molecule has 74 valence electrons. The summed E-state index contributed by atoms with van der Waals surface area (Å²) in [6, 6.07) is 2.61. The second-order valence-corrected chi connectivity index (χ2v) is 5.39. The molecule has 0 bridgehead atoms. The van der Waals surface area contributed by atoms with Crippen molar-refractivity contribution in [3.05, 3.63) is 17.2 Å². The lowest BCUT2D eigenvalue weighted by molar-refractivity contribution is 0.315. The van der Waals surface area contributed by atoms with Crippen LogP contribution in [-0.2, 0) is 9.05 Å². The Labute approximate surface area is 88.0 Å². The SMILES string of the molecule is O=S(=O)(Cl)c1ccc(Cl)c2nonc12. The summed E-state index contributed by atoms with van der Waals surface area (Å²) in [4.78, 5) is -0.167. The predicted molar refractivity (Wildman–Crippen MR) is 49.9 cm³/mol. The zero-order valence-electron chi connectivity index (χ0n) is 6.44. The molecule has 0 atom stereocenters. The van der Waals surface area contributed by atoms with Crippen molar-refractivity contribution < 1.29 is 13.0 Å². The lowest BCUT2D eigenvalue weighted by Crippen LogP contribution is -1.92. The van der Waals surface area contributed by atoms with Crippen LogP contribution in [0.3, 0.4) is 0 Å². The lowest BCUT2D eigenvalue weighted by Gasteiger charge is -1.95. The van der Waals surface area contributed by atoms with Gasteiger partial charge in [-0.15, -0.1) is 0 Å². The van der Waals surface area contributed by atoms with Crippen LogP contribution in [0.1, 0.15) is 0 Å². The quantitative estimate of drug-likeness (QED) is 0.724. The zero-order chi connectivity index (χ0) is 10.3. The average Bonchev–Trinajstić information content (AvgIpc) is 2.50. The normalized spacial score (nSPS) is 12.1. The number of hydrogen-bond donors (Lipinski definition) is 0. The van der Waals surface area contributed by atoms with Gasteiger partial charge in [-0.1, -0.05) is 11.6 Å². The monoisotopic (exact) mass is 252 g/mol. The fourth-order valence-corrected chi connectivity index (χ4v) is 2.17. The molecule has 0 radical (unpaired) electrons. The zero-order valence-corrected chi connectivity index (χ0v) is 8.77. The highest BCUT2D eigenvalue weighted by molar-refractivity contribution is 8.14. The Morgan fingerprint density at radius 2 is 1.86 bits per heavy atom. The number of aromatic nitrogens is 2. The lowest BCUT2D eigenvalue weighted by atomic mass is 10.3. The van der Waals surface area contributed by atoms with Crippen molar-refractivity contribution in [3.63, 3.8) is 0 Å². The van der Waals surface area contributed by atoms with Gasteiger partial charge in [0.05, 0.1) is 5.02 Å². The maximum absolute atomic E-state index is 11.1. The molecule has 8 heteroatoms. The van der Waals surface area contributed by atoms with E-state index in [4.69, 9.17) is 22.3 Å². The smallest absolute Gasteiger partial charge is 0.243 e. The third-order valence-electron chi connectivity index (χ3n) is 1.59. The van der Waals surface area contributed by atoms with E-state index in [1.807, 2.05) is 0 Å². The molecule has 5 nitrogen and oxygen atoms in total. The first-order valence-electron chi connectivity index (χ1n) is 3.35. The van der Waals surface area contributed by atoms with E-state index < -0.39 is 9.05 Å². The van der Waals surface area contributed by atoms with Crippen molar-refractivity contribution in [2.75, 3.05) is 0 Å². The Balaban J connectivity index is 2.93. The number of halogens is 2. The van der Waals surface area contributed by atoms with Gasteiger partial charge in [0, 0.05) is 10.7 Å². The van der Waals surface area contributed by atoms with Crippen LogP contribution < -0.4 is 0 Å². The minimum absolute atomic E-state index is 0.0347. The molecule has 1 heterocycles. The van der Waals surface area contributed by atoms with Crippen LogP contribution in [-0.4, -0.2) is 18.7 Å². The first-order chi connectivity index (χ1) is 6.50. The summed E-state index contributed by atoms with van der Waals surface area (Å²) in [5, 5.41) is 7.12. The molecule has 0 amide bonds. The predicted octanol–water partition coefficient (Wildman–Crippen LogP) is 1.80. The van der Waals surface area contributed by atoms with Gasteiger partial charge >= 0.3 is 0 Å². The van der Waals surface area contributed by atoms with Crippen LogP contribution >= 0.6 is 22.3 Å². The molecule has 0 fully saturated rings. The van der Waals surface area contributed by atoms with Crippen LogP contribution in [0.15, 0.2) is 21.7 Å². The van der Waals surface area contributed by atoms with Gasteiger partial charge in [-0.2, -0.15) is 0 Å². The molecule has 0 spiro atoms. The standard InChI is InChI=1S/C6H2Cl2N2O3S/c7-3-1-2-4(14(8,11)12)6-5(3)9-13-10-6/h1-2H. The molecule has 0 N–H and O–H groups in total. The molecule has 1 aromatic heterocycles. The number of rotatable bonds is 1. The third kappa shape index (κ3) is 1.45. The first-order valence-corrected chi connectivity index (χ1v) is 6.04. The van der Waals surface area contributed by atoms with Crippen molar-refractivity contribution in [1.29, 1.82) is 0 Å². The summed E-state index contributed by atoms with van der Waals surface area (Å²) in [5.41, 5.74) is 0.209. The summed E-state index contributed by atoms with van der Waals surface area (Å²) < 4.78 is 26.5. The fourth-order valence-electron chi connectivity index (χ4n) is 1.01. The molecule has 2 aromatic rings. The van der Waals surface area contributed by atoms with Crippen molar-refractivity contribution >= 4 is 42.4 Å². The summed E-state index contributed by atoms with van der Waals surface area (Å²) >= 11 is 5.72. The topological polar surface area (TPSA) is 73.1 Å².